The molecule has 0 aliphatic carbocycles. The Morgan fingerprint density at radius 2 is 2.12 bits per heavy atom. The Balaban J connectivity index is 1.69. The lowest BCUT2D eigenvalue weighted by atomic mass is 10.2. The molecule has 3 aromatic rings. The zero-order valence-electron chi connectivity index (χ0n) is 12.2. The maximum atomic E-state index is 12.7. The molecule has 0 spiro atoms. The van der Waals surface area contributed by atoms with E-state index < -0.39 is 12.5 Å². The third-order valence-electron chi connectivity index (χ3n) is 3.21. The van der Waals surface area contributed by atoms with Crippen LogP contribution in [0.2, 0.25) is 5.02 Å². The van der Waals surface area contributed by atoms with Crippen LogP contribution in [0.4, 0.5) is 14.5 Å². The number of nitrogens with one attached hydrogen (secondary N) is 1. The third kappa shape index (κ3) is 3.60. The van der Waals surface area contributed by atoms with Crippen LogP contribution in [0.15, 0.2) is 48.9 Å². The van der Waals surface area contributed by atoms with Crippen LogP contribution in [0.25, 0.3) is 0 Å². The van der Waals surface area contributed by atoms with Crippen molar-refractivity contribution in [2.24, 2.45) is 0 Å². The molecule has 1 amide bonds. The van der Waals surface area contributed by atoms with Crippen molar-refractivity contribution in [1.29, 1.82) is 0 Å². The lowest BCUT2D eigenvalue weighted by Gasteiger charge is -2.05. The van der Waals surface area contributed by atoms with Gasteiger partial charge in [0.25, 0.3) is 5.91 Å². The molecular formula is C15H12ClF2N5O. The lowest BCUT2D eigenvalue weighted by molar-refractivity contribution is 0.0520. The number of hydrogen-bond acceptors (Lipinski definition) is 3. The Labute approximate surface area is 140 Å². The van der Waals surface area contributed by atoms with Gasteiger partial charge in [-0.3, -0.25) is 9.48 Å². The number of halogens is 3. The maximum absolute atomic E-state index is 12.7. The summed E-state index contributed by atoms with van der Waals surface area (Å²) in [5, 5.41) is 10.7. The molecule has 3 rings (SSSR count). The molecule has 2 aromatic heterocycles. The van der Waals surface area contributed by atoms with Crippen molar-refractivity contribution in [3.05, 3.63) is 65.2 Å². The molecule has 1 N–H and O–H groups in total. The zero-order valence-corrected chi connectivity index (χ0v) is 13.0. The van der Waals surface area contributed by atoms with Gasteiger partial charge < -0.3 is 5.32 Å². The molecule has 24 heavy (non-hydrogen) atoms. The summed E-state index contributed by atoms with van der Waals surface area (Å²) in [6, 6.07) is 8.52. The number of alkyl halides is 2. The van der Waals surface area contributed by atoms with Gasteiger partial charge >= 0.3 is 6.55 Å². The summed E-state index contributed by atoms with van der Waals surface area (Å²) in [7, 11) is 0. The quantitative estimate of drug-likeness (QED) is 0.766. The Hall–Kier alpha value is -2.74. The Kier molecular flexibility index (Phi) is 4.57. The van der Waals surface area contributed by atoms with Crippen molar-refractivity contribution < 1.29 is 13.6 Å². The number of hydrogen-bond donors (Lipinski definition) is 1. The highest BCUT2D eigenvalue weighted by Gasteiger charge is 2.18. The van der Waals surface area contributed by atoms with E-state index in [2.05, 4.69) is 15.5 Å². The summed E-state index contributed by atoms with van der Waals surface area (Å²) in [4.78, 5) is 12.1. The lowest BCUT2D eigenvalue weighted by Crippen LogP contribution is -2.18. The highest BCUT2D eigenvalue weighted by Crippen LogP contribution is 2.15. The van der Waals surface area contributed by atoms with Gasteiger partial charge in [-0.05, 0) is 23.8 Å². The Morgan fingerprint density at radius 1 is 1.29 bits per heavy atom. The summed E-state index contributed by atoms with van der Waals surface area (Å²) < 4.78 is 27.4. The predicted molar refractivity (Wildman–Crippen MR) is 84.2 cm³/mol. The number of carbonyl (C=O) groups is 1. The fourth-order valence-electron chi connectivity index (χ4n) is 2.18. The molecule has 0 aliphatic heterocycles. The van der Waals surface area contributed by atoms with Crippen molar-refractivity contribution in [1.82, 2.24) is 19.6 Å². The van der Waals surface area contributed by atoms with E-state index in [1.54, 1.807) is 16.9 Å². The molecule has 0 saturated heterocycles. The van der Waals surface area contributed by atoms with Crippen LogP contribution in [0.3, 0.4) is 0 Å². The smallest absolute Gasteiger partial charge is 0.318 e. The summed E-state index contributed by atoms with van der Waals surface area (Å²) in [5.41, 5.74) is 1.11. The first-order valence-corrected chi connectivity index (χ1v) is 7.30. The van der Waals surface area contributed by atoms with Gasteiger partial charge in [-0.2, -0.15) is 23.7 Å². The second kappa shape index (κ2) is 6.79. The minimum Gasteiger partial charge on any atom is -0.318 e. The van der Waals surface area contributed by atoms with Gasteiger partial charge in [-0.15, -0.1) is 0 Å². The number of aromatic nitrogens is 4. The van der Waals surface area contributed by atoms with E-state index in [1.807, 2.05) is 18.2 Å². The first-order chi connectivity index (χ1) is 11.5. The Bertz CT molecular complexity index is 861. The summed E-state index contributed by atoms with van der Waals surface area (Å²) in [6.07, 6.45) is 4.18. The average molecular weight is 352 g/mol. The van der Waals surface area contributed by atoms with Gasteiger partial charge in [0, 0.05) is 17.4 Å². The van der Waals surface area contributed by atoms with Crippen LogP contribution in [0.5, 0.6) is 0 Å². The van der Waals surface area contributed by atoms with Gasteiger partial charge in [0.05, 0.1) is 18.4 Å². The normalized spacial score (nSPS) is 11.0. The highest BCUT2D eigenvalue weighted by atomic mass is 35.5. The number of anilines is 1. The number of benzene rings is 1. The molecule has 6 nitrogen and oxygen atoms in total. The van der Waals surface area contributed by atoms with Gasteiger partial charge in [0.1, 0.15) is 5.69 Å². The number of carbonyl (C=O) groups excluding carboxylic acids is 1. The third-order valence-corrected chi connectivity index (χ3v) is 3.45. The summed E-state index contributed by atoms with van der Waals surface area (Å²) >= 11 is 5.93. The van der Waals surface area contributed by atoms with Gasteiger partial charge in [0.15, 0.2) is 0 Å². The largest absolute Gasteiger partial charge is 0.333 e. The molecule has 2 heterocycles. The fraction of sp³-hybridized carbons (Fsp3) is 0.133. The molecule has 0 bridgehead atoms. The van der Waals surface area contributed by atoms with Crippen LogP contribution in [0, 0.1) is 0 Å². The summed E-state index contributed by atoms with van der Waals surface area (Å²) in [6.45, 7) is -2.42. The average Bonchev–Trinajstić information content (AvgIpc) is 3.16. The van der Waals surface area contributed by atoms with Gasteiger partial charge in [-0.25, -0.2) is 0 Å². The number of rotatable bonds is 5. The first kappa shape index (κ1) is 16.1. The summed E-state index contributed by atoms with van der Waals surface area (Å²) in [5.74, 6) is -0.685. The van der Waals surface area contributed by atoms with Crippen LogP contribution in [0.1, 0.15) is 22.6 Å². The standard InChI is InChI=1S/C15H12ClF2N5O/c16-11-3-1-2-10(6-11)8-22-9-12(7-20-22)21-14(24)13-4-5-19-23(13)15(17)18/h1-7,9,15H,8H2,(H,21,24). The van der Waals surface area contributed by atoms with Crippen molar-refractivity contribution in [2.45, 2.75) is 13.1 Å². The molecule has 1 aromatic carbocycles. The maximum Gasteiger partial charge on any atom is 0.333 e. The van der Waals surface area contributed by atoms with E-state index in [9.17, 15) is 13.6 Å². The fourth-order valence-corrected chi connectivity index (χ4v) is 2.39. The second-order valence-corrected chi connectivity index (χ2v) is 5.39. The molecule has 0 saturated carbocycles. The highest BCUT2D eigenvalue weighted by molar-refractivity contribution is 6.30. The Morgan fingerprint density at radius 3 is 2.88 bits per heavy atom. The van der Waals surface area contributed by atoms with E-state index >= 15 is 0 Å². The zero-order chi connectivity index (χ0) is 17.1. The van der Waals surface area contributed by atoms with Crippen molar-refractivity contribution in [3.8, 4) is 0 Å². The molecule has 0 aliphatic rings. The minimum atomic E-state index is -2.88. The molecule has 0 unspecified atom stereocenters. The van der Waals surface area contributed by atoms with Crippen LogP contribution < -0.4 is 5.32 Å². The monoisotopic (exact) mass is 351 g/mol. The second-order valence-electron chi connectivity index (χ2n) is 4.95. The molecule has 124 valence electrons. The predicted octanol–water partition coefficient (Wildman–Crippen LogP) is 3.43. The number of amides is 1. The van der Waals surface area contributed by atoms with E-state index in [-0.39, 0.29) is 5.69 Å². The molecular weight excluding hydrogens is 340 g/mol. The first-order valence-electron chi connectivity index (χ1n) is 6.93. The van der Waals surface area contributed by atoms with Crippen LogP contribution in [-0.4, -0.2) is 25.5 Å². The van der Waals surface area contributed by atoms with Crippen LogP contribution in [-0.2, 0) is 6.54 Å². The molecule has 0 fully saturated rings. The molecule has 9 heteroatoms. The topological polar surface area (TPSA) is 64.7 Å². The van der Waals surface area contributed by atoms with Gasteiger partial charge in [0.2, 0.25) is 0 Å². The number of nitrogens with zero attached hydrogens (tertiary/aromatic N) is 4. The molecule has 0 radical (unpaired) electrons. The van der Waals surface area contributed by atoms with E-state index in [1.165, 1.54) is 12.3 Å². The van der Waals surface area contributed by atoms with E-state index in [4.69, 9.17) is 11.6 Å². The van der Waals surface area contributed by atoms with Crippen molar-refractivity contribution in [3.63, 3.8) is 0 Å². The minimum absolute atomic E-state index is 0.229. The van der Waals surface area contributed by atoms with E-state index in [0.717, 1.165) is 11.8 Å². The van der Waals surface area contributed by atoms with Gasteiger partial charge in [-0.1, -0.05) is 23.7 Å². The van der Waals surface area contributed by atoms with Crippen molar-refractivity contribution in [2.75, 3.05) is 5.32 Å². The van der Waals surface area contributed by atoms with Crippen LogP contribution >= 0.6 is 11.6 Å². The van der Waals surface area contributed by atoms with E-state index in [0.29, 0.717) is 21.9 Å². The molecule has 0 atom stereocenters. The SMILES string of the molecule is O=C(Nc1cnn(Cc2cccc(Cl)c2)c1)c1ccnn1C(F)F. The van der Waals surface area contributed by atoms with Crippen molar-refractivity contribution >= 4 is 23.2 Å².